The van der Waals surface area contributed by atoms with E-state index in [1.165, 1.54) is 20.0 Å². The van der Waals surface area contributed by atoms with Gasteiger partial charge in [0.25, 0.3) is 0 Å². The second kappa shape index (κ2) is 9.80. The minimum absolute atomic E-state index is 0.0247. The molecule has 7 nitrogen and oxygen atoms in total. The average molecular weight is 374 g/mol. The molecule has 0 spiro atoms. The number of ether oxygens (including phenoxy) is 1. The van der Waals surface area contributed by atoms with Gasteiger partial charge in [-0.05, 0) is 36.5 Å². The Balaban J connectivity index is 1.60. The fraction of sp³-hybridized carbons (Fsp3) is 0.650. The van der Waals surface area contributed by atoms with Gasteiger partial charge in [0, 0.05) is 52.2 Å². The molecular formula is C20H30N4O3. The van der Waals surface area contributed by atoms with E-state index in [2.05, 4.69) is 15.2 Å². The molecule has 0 aromatic carbocycles. The Hall–Kier alpha value is -1.99. The van der Waals surface area contributed by atoms with Crippen molar-refractivity contribution >= 4 is 11.8 Å². The number of methoxy groups -OCH3 is 1. The summed E-state index contributed by atoms with van der Waals surface area (Å²) < 4.78 is 4.95. The number of rotatable bonds is 7. The maximum Gasteiger partial charge on any atom is 0.248 e. The van der Waals surface area contributed by atoms with Gasteiger partial charge in [-0.3, -0.25) is 19.5 Å². The minimum Gasteiger partial charge on any atom is -0.375 e. The molecule has 2 aliphatic rings. The molecule has 7 heteroatoms. The molecule has 2 fully saturated rings. The first-order chi connectivity index (χ1) is 13.2. The van der Waals surface area contributed by atoms with Crippen molar-refractivity contribution in [2.45, 2.75) is 38.3 Å². The fourth-order valence-electron chi connectivity index (χ4n) is 4.21. The van der Waals surface area contributed by atoms with Gasteiger partial charge in [0.15, 0.2) is 0 Å². The molecule has 1 atom stereocenters. The Kier molecular flexibility index (Phi) is 7.18. The van der Waals surface area contributed by atoms with Gasteiger partial charge in [-0.2, -0.15) is 0 Å². The summed E-state index contributed by atoms with van der Waals surface area (Å²) in [6, 6.07) is 3.74. The zero-order valence-electron chi connectivity index (χ0n) is 16.1. The van der Waals surface area contributed by atoms with Crippen LogP contribution in [0.1, 0.15) is 31.2 Å². The van der Waals surface area contributed by atoms with Crippen LogP contribution in [0.2, 0.25) is 0 Å². The number of hydrogen-bond donors (Lipinski definition) is 1. The average Bonchev–Trinajstić information content (AvgIpc) is 3.22. The molecule has 1 unspecified atom stereocenters. The van der Waals surface area contributed by atoms with Gasteiger partial charge in [0.05, 0.1) is 6.04 Å². The summed E-state index contributed by atoms with van der Waals surface area (Å²) in [6.07, 6.45) is 8.10. The molecule has 2 amide bonds. The van der Waals surface area contributed by atoms with Crippen LogP contribution in [0, 0.1) is 5.92 Å². The Morgan fingerprint density at radius 1 is 1.19 bits per heavy atom. The third kappa shape index (κ3) is 5.26. The van der Waals surface area contributed by atoms with Gasteiger partial charge in [-0.25, -0.2) is 0 Å². The SMILES string of the molecule is COCC(=O)N1CCN(C(C(=O)NCc2ccncc2)C2CCCC2)CC1. The normalized spacial score (nSPS) is 19.8. The maximum atomic E-state index is 13.1. The van der Waals surface area contributed by atoms with Crippen molar-refractivity contribution in [2.24, 2.45) is 5.92 Å². The third-order valence-corrected chi connectivity index (χ3v) is 5.66. The maximum absolute atomic E-state index is 13.1. The lowest BCUT2D eigenvalue weighted by molar-refractivity contribution is -0.138. The number of piperazine rings is 1. The van der Waals surface area contributed by atoms with Crippen molar-refractivity contribution in [3.05, 3.63) is 30.1 Å². The van der Waals surface area contributed by atoms with E-state index in [0.717, 1.165) is 31.5 Å². The highest BCUT2D eigenvalue weighted by molar-refractivity contribution is 5.82. The molecule has 1 saturated heterocycles. The number of nitrogens with zero attached hydrogens (tertiary/aromatic N) is 3. The van der Waals surface area contributed by atoms with Crippen LogP contribution in [0.4, 0.5) is 0 Å². The summed E-state index contributed by atoms with van der Waals surface area (Å²) in [5.74, 6) is 0.538. The number of carbonyl (C=O) groups is 2. The summed E-state index contributed by atoms with van der Waals surface area (Å²) in [5.41, 5.74) is 1.05. The molecule has 1 aromatic rings. The quantitative estimate of drug-likeness (QED) is 0.772. The van der Waals surface area contributed by atoms with Gasteiger partial charge in [-0.1, -0.05) is 12.8 Å². The van der Waals surface area contributed by atoms with Crippen molar-refractivity contribution in [3.63, 3.8) is 0 Å². The highest BCUT2D eigenvalue weighted by Gasteiger charge is 2.37. The largest absolute Gasteiger partial charge is 0.375 e. The van der Waals surface area contributed by atoms with Crippen LogP contribution in [-0.2, 0) is 20.9 Å². The van der Waals surface area contributed by atoms with Crippen molar-refractivity contribution in [1.29, 1.82) is 0 Å². The molecule has 0 radical (unpaired) electrons. The molecule has 1 N–H and O–H groups in total. The van der Waals surface area contributed by atoms with Crippen molar-refractivity contribution in [3.8, 4) is 0 Å². The topological polar surface area (TPSA) is 74.8 Å². The van der Waals surface area contributed by atoms with E-state index in [-0.39, 0.29) is 24.5 Å². The van der Waals surface area contributed by atoms with Crippen LogP contribution >= 0.6 is 0 Å². The lowest BCUT2D eigenvalue weighted by atomic mass is 9.95. The van der Waals surface area contributed by atoms with E-state index in [4.69, 9.17) is 4.74 Å². The van der Waals surface area contributed by atoms with Crippen LogP contribution in [-0.4, -0.2) is 72.5 Å². The second-order valence-electron chi connectivity index (χ2n) is 7.41. The summed E-state index contributed by atoms with van der Waals surface area (Å²) in [7, 11) is 1.54. The Labute approximate surface area is 161 Å². The van der Waals surface area contributed by atoms with E-state index in [9.17, 15) is 9.59 Å². The molecular weight excluding hydrogens is 344 g/mol. The molecule has 1 aliphatic carbocycles. The summed E-state index contributed by atoms with van der Waals surface area (Å²) >= 11 is 0. The zero-order chi connectivity index (χ0) is 19.1. The highest BCUT2D eigenvalue weighted by Crippen LogP contribution is 2.31. The first-order valence-electron chi connectivity index (χ1n) is 9.86. The van der Waals surface area contributed by atoms with Gasteiger partial charge < -0.3 is 15.0 Å². The summed E-state index contributed by atoms with van der Waals surface area (Å²) in [6.45, 7) is 3.43. The van der Waals surface area contributed by atoms with Crippen molar-refractivity contribution in [2.75, 3.05) is 39.9 Å². The first-order valence-corrected chi connectivity index (χ1v) is 9.86. The predicted octanol–water partition coefficient (Wildman–Crippen LogP) is 1.05. The molecule has 2 heterocycles. The number of hydrogen-bond acceptors (Lipinski definition) is 5. The fourth-order valence-corrected chi connectivity index (χ4v) is 4.21. The molecule has 0 bridgehead atoms. The number of amides is 2. The highest BCUT2D eigenvalue weighted by atomic mass is 16.5. The van der Waals surface area contributed by atoms with Gasteiger partial charge in [0.1, 0.15) is 6.61 Å². The standard InChI is InChI=1S/C20H30N4O3/c1-27-15-18(25)23-10-12-24(13-11-23)19(17-4-2-3-5-17)20(26)22-14-16-6-8-21-9-7-16/h6-9,17,19H,2-5,10-15H2,1H3,(H,22,26). The number of carbonyl (C=O) groups excluding carboxylic acids is 2. The Bertz CT molecular complexity index is 611. The molecule has 1 aromatic heterocycles. The number of aromatic nitrogens is 1. The monoisotopic (exact) mass is 374 g/mol. The molecule has 1 saturated carbocycles. The van der Waals surface area contributed by atoms with Gasteiger partial charge in [-0.15, -0.1) is 0 Å². The number of pyridine rings is 1. The molecule has 148 valence electrons. The van der Waals surface area contributed by atoms with Gasteiger partial charge >= 0.3 is 0 Å². The number of nitrogens with one attached hydrogen (secondary N) is 1. The van der Waals surface area contributed by atoms with Crippen LogP contribution < -0.4 is 5.32 Å². The minimum atomic E-state index is -0.103. The van der Waals surface area contributed by atoms with E-state index < -0.39 is 0 Å². The summed E-state index contributed by atoms with van der Waals surface area (Å²) in [4.78, 5) is 33.2. The zero-order valence-corrected chi connectivity index (χ0v) is 16.1. The predicted molar refractivity (Wildman–Crippen MR) is 102 cm³/mol. The van der Waals surface area contributed by atoms with Crippen molar-refractivity contribution in [1.82, 2.24) is 20.1 Å². The first kappa shape index (κ1) is 19.8. The van der Waals surface area contributed by atoms with E-state index >= 15 is 0 Å². The van der Waals surface area contributed by atoms with E-state index in [1.54, 1.807) is 12.4 Å². The van der Waals surface area contributed by atoms with Crippen LogP contribution in [0.15, 0.2) is 24.5 Å². The third-order valence-electron chi connectivity index (χ3n) is 5.66. The Morgan fingerprint density at radius 2 is 1.85 bits per heavy atom. The van der Waals surface area contributed by atoms with E-state index in [0.29, 0.717) is 25.6 Å². The van der Waals surface area contributed by atoms with E-state index in [1.807, 2.05) is 17.0 Å². The van der Waals surface area contributed by atoms with Crippen molar-refractivity contribution < 1.29 is 14.3 Å². The lowest BCUT2D eigenvalue weighted by Crippen LogP contribution is -2.58. The van der Waals surface area contributed by atoms with Gasteiger partial charge in [0.2, 0.25) is 11.8 Å². The Morgan fingerprint density at radius 3 is 2.48 bits per heavy atom. The van der Waals surface area contributed by atoms with Crippen LogP contribution in [0.25, 0.3) is 0 Å². The molecule has 1 aliphatic heterocycles. The summed E-state index contributed by atoms with van der Waals surface area (Å²) in [5, 5.41) is 3.12. The van der Waals surface area contributed by atoms with Crippen LogP contribution in [0.3, 0.4) is 0 Å². The lowest BCUT2D eigenvalue weighted by Gasteiger charge is -2.40. The second-order valence-corrected chi connectivity index (χ2v) is 7.41. The molecule has 3 rings (SSSR count). The smallest absolute Gasteiger partial charge is 0.248 e. The van der Waals surface area contributed by atoms with Crippen LogP contribution in [0.5, 0.6) is 0 Å². The molecule has 27 heavy (non-hydrogen) atoms.